The largest absolute Gasteiger partial charge is 0.383 e. The van der Waals surface area contributed by atoms with Crippen molar-refractivity contribution in [2.24, 2.45) is 0 Å². The van der Waals surface area contributed by atoms with Gasteiger partial charge in [0.2, 0.25) is 0 Å². The first kappa shape index (κ1) is 19.1. The second-order valence-electron chi connectivity index (χ2n) is 7.13. The predicted octanol–water partition coefficient (Wildman–Crippen LogP) is 4.57. The highest BCUT2D eigenvalue weighted by molar-refractivity contribution is 6.17. The Morgan fingerprint density at radius 1 is 0.935 bits per heavy atom. The van der Waals surface area contributed by atoms with Crippen LogP contribution in [0.4, 0.5) is 5.82 Å². The number of pyridine rings is 2. The van der Waals surface area contributed by atoms with Crippen LogP contribution in [0.15, 0.2) is 67.1 Å². The third-order valence-corrected chi connectivity index (χ3v) is 5.25. The topological polar surface area (TPSA) is 95.4 Å². The lowest BCUT2D eigenvalue weighted by Gasteiger charge is -2.11. The summed E-state index contributed by atoms with van der Waals surface area (Å²) in [6.07, 6.45) is 5.21. The molecular formula is C23H18ClN7. The normalized spacial score (nSPS) is 11.2. The average Bonchev–Trinajstić information content (AvgIpc) is 3.18. The molecule has 8 heteroatoms. The molecule has 4 aromatic heterocycles. The van der Waals surface area contributed by atoms with Gasteiger partial charge in [-0.2, -0.15) is 0 Å². The van der Waals surface area contributed by atoms with Gasteiger partial charge in [-0.3, -0.25) is 4.57 Å². The van der Waals surface area contributed by atoms with E-state index in [0.29, 0.717) is 34.7 Å². The molecule has 0 aliphatic heterocycles. The molecule has 5 aromatic rings. The molecule has 0 fully saturated rings. The van der Waals surface area contributed by atoms with Crippen LogP contribution in [0.5, 0.6) is 0 Å². The zero-order valence-corrected chi connectivity index (χ0v) is 17.5. The van der Waals surface area contributed by atoms with Crippen LogP contribution in [-0.4, -0.2) is 29.5 Å². The van der Waals surface area contributed by atoms with Crippen LogP contribution in [0.1, 0.15) is 11.1 Å². The molecule has 5 rings (SSSR count). The molecule has 7 nitrogen and oxygen atoms in total. The molecule has 152 valence electrons. The Morgan fingerprint density at radius 3 is 2.42 bits per heavy atom. The number of aromatic nitrogens is 6. The summed E-state index contributed by atoms with van der Waals surface area (Å²) in [6, 6.07) is 15.5. The number of nitrogen functional groups attached to an aromatic ring is 1. The van der Waals surface area contributed by atoms with Crippen molar-refractivity contribution >= 4 is 28.6 Å². The van der Waals surface area contributed by atoms with Crippen molar-refractivity contribution in [2.45, 2.75) is 12.8 Å². The molecule has 0 aliphatic carbocycles. The highest BCUT2D eigenvalue weighted by Gasteiger charge is 2.19. The van der Waals surface area contributed by atoms with Crippen LogP contribution < -0.4 is 5.73 Å². The number of hydrogen-bond acceptors (Lipinski definition) is 6. The molecule has 0 aliphatic rings. The van der Waals surface area contributed by atoms with Crippen molar-refractivity contribution in [3.63, 3.8) is 0 Å². The van der Waals surface area contributed by atoms with E-state index in [4.69, 9.17) is 27.3 Å². The van der Waals surface area contributed by atoms with Crippen LogP contribution in [-0.2, 0) is 5.88 Å². The summed E-state index contributed by atoms with van der Waals surface area (Å²) in [7, 11) is 0. The number of anilines is 1. The second kappa shape index (κ2) is 7.77. The minimum Gasteiger partial charge on any atom is -0.383 e. The molecule has 31 heavy (non-hydrogen) atoms. The molecule has 2 N–H and O–H groups in total. The Hall–Kier alpha value is -3.84. The zero-order chi connectivity index (χ0) is 21.4. The van der Waals surface area contributed by atoms with E-state index in [1.807, 2.05) is 60.0 Å². The van der Waals surface area contributed by atoms with E-state index in [0.717, 1.165) is 27.9 Å². The predicted molar refractivity (Wildman–Crippen MR) is 122 cm³/mol. The lowest BCUT2D eigenvalue weighted by Crippen LogP contribution is -2.02. The van der Waals surface area contributed by atoms with Crippen molar-refractivity contribution in [3.05, 3.63) is 78.2 Å². The number of benzene rings is 1. The second-order valence-corrected chi connectivity index (χ2v) is 7.40. The molecule has 0 saturated carbocycles. The highest BCUT2D eigenvalue weighted by Crippen LogP contribution is 2.31. The van der Waals surface area contributed by atoms with E-state index in [2.05, 4.69) is 15.0 Å². The molecule has 4 heterocycles. The van der Waals surface area contributed by atoms with Gasteiger partial charge >= 0.3 is 0 Å². The molecule has 0 amide bonds. The third-order valence-electron chi connectivity index (χ3n) is 4.94. The van der Waals surface area contributed by atoms with Crippen LogP contribution in [0, 0.1) is 6.92 Å². The molecule has 0 radical (unpaired) electrons. The standard InChI is InChI=1S/C23H18ClN7/c1-14-12-27-21(28-13-14)18-8-9-19-23(29-18)31(16-6-4-15(11-24)5-7-16)22(30-19)17-3-2-10-26-20(17)25/h2-10,12-13H,11H2,1H3,(H2,25,26). The van der Waals surface area contributed by atoms with Gasteiger partial charge in [-0.05, 0) is 54.4 Å². The van der Waals surface area contributed by atoms with Crippen molar-refractivity contribution < 1.29 is 0 Å². The maximum Gasteiger partial charge on any atom is 0.178 e. The number of nitrogens with zero attached hydrogens (tertiary/aromatic N) is 6. The SMILES string of the molecule is Cc1cnc(-c2ccc3nc(-c4cccnc4N)n(-c4ccc(CCl)cc4)c3n2)nc1. The number of fused-ring (bicyclic) bond motifs is 1. The first-order chi connectivity index (χ1) is 15.1. The van der Waals surface area contributed by atoms with Gasteiger partial charge in [-0.1, -0.05) is 12.1 Å². The number of nitrogens with two attached hydrogens (primary N) is 1. The fourth-order valence-corrected chi connectivity index (χ4v) is 3.55. The van der Waals surface area contributed by atoms with E-state index >= 15 is 0 Å². The van der Waals surface area contributed by atoms with Crippen LogP contribution in [0.2, 0.25) is 0 Å². The zero-order valence-electron chi connectivity index (χ0n) is 16.7. The van der Waals surface area contributed by atoms with Crippen LogP contribution in [0.25, 0.3) is 39.8 Å². The van der Waals surface area contributed by atoms with Gasteiger partial charge in [0, 0.05) is 30.2 Å². The van der Waals surface area contributed by atoms with Crippen molar-refractivity contribution in [1.29, 1.82) is 0 Å². The average molecular weight is 428 g/mol. The van der Waals surface area contributed by atoms with Crippen molar-refractivity contribution in [2.75, 3.05) is 5.73 Å². The number of rotatable bonds is 4. The van der Waals surface area contributed by atoms with Crippen LogP contribution in [0.3, 0.4) is 0 Å². The molecular weight excluding hydrogens is 410 g/mol. The smallest absolute Gasteiger partial charge is 0.178 e. The third kappa shape index (κ3) is 3.49. The summed E-state index contributed by atoms with van der Waals surface area (Å²) in [6.45, 7) is 1.95. The number of hydrogen-bond donors (Lipinski definition) is 1. The lowest BCUT2D eigenvalue weighted by molar-refractivity contribution is 1.06. The van der Waals surface area contributed by atoms with E-state index in [1.165, 1.54) is 0 Å². The fourth-order valence-electron chi connectivity index (χ4n) is 3.37. The lowest BCUT2D eigenvalue weighted by atomic mass is 10.2. The van der Waals surface area contributed by atoms with E-state index in [-0.39, 0.29) is 0 Å². The van der Waals surface area contributed by atoms with Gasteiger partial charge < -0.3 is 5.73 Å². The number of alkyl halides is 1. The number of imidazole rings is 1. The minimum absolute atomic E-state index is 0.401. The Kier molecular flexibility index (Phi) is 4.80. The first-order valence-electron chi connectivity index (χ1n) is 9.68. The van der Waals surface area contributed by atoms with Gasteiger partial charge in [-0.25, -0.2) is 24.9 Å². The molecule has 0 bridgehead atoms. The number of aryl methyl sites for hydroxylation is 1. The van der Waals surface area contributed by atoms with Gasteiger partial charge in [0.25, 0.3) is 0 Å². The monoisotopic (exact) mass is 427 g/mol. The molecule has 0 unspecified atom stereocenters. The quantitative estimate of drug-likeness (QED) is 0.422. The Labute approximate surface area is 183 Å². The summed E-state index contributed by atoms with van der Waals surface area (Å²) >= 11 is 5.98. The van der Waals surface area contributed by atoms with Crippen molar-refractivity contribution in [1.82, 2.24) is 29.5 Å². The van der Waals surface area contributed by atoms with Gasteiger partial charge in [-0.15, -0.1) is 11.6 Å². The molecule has 0 atom stereocenters. The first-order valence-corrected chi connectivity index (χ1v) is 10.2. The highest BCUT2D eigenvalue weighted by atomic mass is 35.5. The van der Waals surface area contributed by atoms with Gasteiger partial charge in [0.05, 0.1) is 5.56 Å². The van der Waals surface area contributed by atoms with E-state index in [9.17, 15) is 0 Å². The Bertz CT molecular complexity index is 1380. The van der Waals surface area contributed by atoms with Crippen molar-refractivity contribution in [3.8, 4) is 28.6 Å². The van der Waals surface area contributed by atoms with E-state index in [1.54, 1.807) is 18.6 Å². The molecule has 0 spiro atoms. The maximum atomic E-state index is 6.18. The number of halogens is 1. The summed E-state index contributed by atoms with van der Waals surface area (Å²) in [4.78, 5) is 22.7. The summed E-state index contributed by atoms with van der Waals surface area (Å²) in [5.74, 6) is 2.06. The summed E-state index contributed by atoms with van der Waals surface area (Å²) < 4.78 is 1.97. The van der Waals surface area contributed by atoms with E-state index < -0.39 is 0 Å². The van der Waals surface area contributed by atoms with Gasteiger partial charge in [0.1, 0.15) is 17.0 Å². The summed E-state index contributed by atoms with van der Waals surface area (Å²) in [5.41, 5.74) is 11.9. The minimum atomic E-state index is 0.401. The Morgan fingerprint density at radius 2 is 1.71 bits per heavy atom. The maximum absolute atomic E-state index is 6.18. The Balaban J connectivity index is 1.77. The summed E-state index contributed by atoms with van der Waals surface area (Å²) in [5, 5.41) is 0. The van der Waals surface area contributed by atoms with Crippen LogP contribution >= 0.6 is 11.6 Å². The van der Waals surface area contributed by atoms with Gasteiger partial charge in [0.15, 0.2) is 17.3 Å². The molecule has 1 aromatic carbocycles. The molecule has 0 saturated heterocycles. The fraction of sp³-hybridized carbons (Fsp3) is 0.0870.